The molecule has 0 spiro atoms. The van der Waals surface area contributed by atoms with E-state index in [1.54, 1.807) is 0 Å². The minimum absolute atomic E-state index is 0.331. The highest BCUT2D eigenvalue weighted by Crippen LogP contribution is 2.07. The Kier molecular flexibility index (Phi) is 2.99. The smallest absolute Gasteiger partial charge is 0.307 e. The molecule has 0 aliphatic rings. The van der Waals surface area contributed by atoms with Gasteiger partial charge in [-0.3, -0.25) is 4.72 Å². The summed E-state index contributed by atoms with van der Waals surface area (Å²) in [5.74, 6) is 0. The van der Waals surface area contributed by atoms with Gasteiger partial charge in [0.1, 0.15) is 0 Å². The van der Waals surface area contributed by atoms with E-state index >= 15 is 0 Å². The maximum atomic E-state index is 10.8. The van der Waals surface area contributed by atoms with Gasteiger partial charge in [0, 0.05) is 5.69 Å². The maximum absolute atomic E-state index is 10.8. The van der Waals surface area contributed by atoms with E-state index in [0.29, 0.717) is 0 Å². The lowest BCUT2D eigenvalue weighted by atomic mass is 10.2. The first kappa shape index (κ1) is 8.93. The number of hydrogen-bond donors (Lipinski definition) is 3. The van der Waals surface area contributed by atoms with Crippen LogP contribution in [0.5, 0.6) is 0 Å². The molecule has 4 heteroatoms. The Morgan fingerprint density at radius 1 is 1.33 bits per heavy atom. The van der Waals surface area contributed by atoms with Crippen molar-refractivity contribution in [2.75, 3.05) is 5.32 Å². The number of nitrogens with one attached hydrogen (secondary N) is 2. The Morgan fingerprint density at radius 2 is 1.92 bits per heavy atom. The van der Waals surface area contributed by atoms with E-state index in [9.17, 15) is 4.79 Å². The van der Waals surface area contributed by atoms with Crippen molar-refractivity contribution in [3.05, 3.63) is 29.8 Å². The van der Waals surface area contributed by atoms with Gasteiger partial charge < -0.3 is 5.32 Å². The molecule has 0 radical (unpaired) electrons. The molecule has 0 saturated heterocycles. The molecule has 0 unspecified atom stereocenters. The molecular formula is C8H10N2OS. The molecule has 0 atom stereocenters. The quantitative estimate of drug-likeness (QED) is 0.571. The van der Waals surface area contributed by atoms with E-state index in [0.717, 1.165) is 11.3 Å². The van der Waals surface area contributed by atoms with Gasteiger partial charge in [0.15, 0.2) is 0 Å². The van der Waals surface area contributed by atoms with Crippen LogP contribution in [0.15, 0.2) is 24.3 Å². The summed E-state index contributed by atoms with van der Waals surface area (Å²) in [4.78, 5) is 10.8. The van der Waals surface area contributed by atoms with Gasteiger partial charge >= 0.3 is 6.03 Å². The molecule has 64 valence electrons. The monoisotopic (exact) mass is 182 g/mol. The number of hydrogen-bond acceptors (Lipinski definition) is 2. The van der Waals surface area contributed by atoms with E-state index < -0.39 is 0 Å². The number of urea groups is 1. The Morgan fingerprint density at radius 3 is 2.42 bits per heavy atom. The molecule has 0 saturated carbocycles. The summed E-state index contributed by atoms with van der Waals surface area (Å²) in [7, 11) is 0. The van der Waals surface area contributed by atoms with Gasteiger partial charge in [-0.05, 0) is 19.1 Å². The van der Waals surface area contributed by atoms with Crippen LogP contribution in [0.25, 0.3) is 0 Å². The van der Waals surface area contributed by atoms with Crippen LogP contribution >= 0.6 is 12.8 Å². The second-order valence-corrected chi connectivity index (χ2v) is 2.66. The number of amides is 2. The Hall–Kier alpha value is -1.16. The van der Waals surface area contributed by atoms with Crippen LogP contribution in [-0.4, -0.2) is 6.03 Å². The van der Waals surface area contributed by atoms with Gasteiger partial charge in [0.25, 0.3) is 0 Å². The zero-order valence-corrected chi connectivity index (χ0v) is 7.56. The summed E-state index contributed by atoms with van der Waals surface area (Å²) in [6.45, 7) is 1.99. The summed E-state index contributed by atoms with van der Waals surface area (Å²) in [6, 6.07) is 7.18. The highest BCUT2D eigenvalue weighted by molar-refractivity contribution is 7.78. The highest BCUT2D eigenvalue weighted by Gasteiger charge is 1.96. The van der Waals surface area contributed by atoms with Crippen molar-refractivity contribution in [2.24, 2.45) is 0 Å². The number of carbonyl (C=O) groups is 1. The summed E-state index contributed by atoms with van der Waals surface area (Å²) < 4.78 is 2.17. The largest absolute Gasteiger partial charge is 0.329 e. The van der Waals surface area contributed by atoms with Crippen molar-refractivity contribution in [3.63, 3.8) is 0 Å². The highest BCUT2D eigenvalue weighted by atomic mass is 32.1. The third-order valence-corrected chi connectivity index (χ3v) is 1.61. The molecule has 0 aliphatic carbocycles. The Bertz CT molecular complexity index is 271. The predicted octanol–water partition coefficient (Wildman–Crippen LogP) is 1.96. The molecule has 3 nitrogen and oxygen atoms in total. The van der Waals surface area contributed by atoms with Crippen LogP contribution in [0.3, 0.4) is 0 Å². The molecule has 2 amide bonds. The SMILES string of the molecule is Cc1ccc(NC(=O)NS)cc1. The Balaban J connectivity index is 2.64. The van der Waals surface area contributed by atoms with Crippen molar-refractivity contribution in [3.8, 4) is 0 Å². The lowest BCUT2D eigenvalue weighted by Crippen LogP contribution is -2.20. The summed E-state index contributed by atoms with van der Waals surface area (Å²) >= 11 is 3.60. The average molecular weight is 182 g/mol. The molecule has 0 bridgehead atoms. The number of anilines is 1. The normalized spacial score (nSPS) is 9.17. The molecular weight excluding hydrogens is 172 g/mol. The second kappa shape index (κ2) is 4.01. The standard InChI is InChI=1S/C8H10N2OS/c1-6-2-4-7(5-3-6)9-8(11)10-12/h2-5,12H,1H3,(H2,9,10,11). The van der Waals surface area contributed by atoms with Crippen molar-refractivity contribution >= 4 is 24.5 Å². The minimum Gasteiger partial charge on any atom is -0.307 e. The number of rotatable bonds is 1. The van der Waals surface area contributed by atoms with Crippen molar-refractivity contribution in [1.82, 2.24) is 4.72 Å². The fraction of sp³-hybridized carbons (Fsp3) is 0.125. The van der Waals surface area contributed by atoms with Crippen LogP contribution in [-0.2, 0) is 0 Å². The van der Waals surface area contributed by atoms with Gasteiger partial charge in [0.2, 0.25) is 0 Å². The zero-order chi connectivity index (χ0) is 8.97. The van der Waals surface area contributed by atoms with Crippen LogP contribution in [0, 0.1) is 6.92 Å². The van der Waals surface area contributed by atoms with Gasteiger partial charge in [-0.15, -0.1) is 0 Å². The van der Waals surface area contributed by atoms with Crippen LogP contribution in [0.1, 0.15) is 5.56 Å². The lowest BCUT2D eigenvalue weighted by Gasteiger charge is -2.02. The molecule has 0 aliphatic heterocycles. The summed E-state index contributed by atoms with van der Waals surface area (Å²) in [6.07, 6.45) is 0. The number of carbonyl (C=O) groups excluding carboxylic acids is 1. The van der Waals surface area contributed by atoms with E-state index in [-0.39, 0.29) is 6.03 Å². The number of aryl methyl sites for hydroxylation is 1. The number of benzene rings is 1. The first-order valence-corrected chi connectivity index (χ1v) is 3.95. The molecule has 0 aromatic heterocycles. The van der Waals surface area contributed by atoms with Crippen molar-refractivity contribution in [1.29, 1.82) is 0 Å². The molecule has 2 N–H and O–H groups in total. The first-order valence-electron chi connectivity index (χ1n) is 3.50. The molecule has 0 fully saturated rings. The molecule has 12 heavy (non-hydrogen) atoms. The molecule has 1 aromatic rings. The van der Waals surface area contributed by atoms with Gasteiger partial charge in [-0.2, -0.15) is 0 Å². The van der Waals surface area contributed by atoms with E-state index in [1.165, 1.54) is 0 Å². The summed E-state index contributed by atoms with van der Waals surface area (Å²) in [5.41, 5.74) is 1.92. The maximum Gasteiger partial charge on any atom is 0.329 e. The molecule has 0 heterocycles. The van der Waals surface area contributed by atoms with Gasteiger partial charge in [-0.25, -0.2) is 4.79 Å². The van der Waals surface area contributed by atoms with Crippen molar-refractivity contribution in [2.45, 2.75) is 6.92 Å². The average Bonchev–Trinajstić information content (AvgIpc) is 2.09. The fourth-order valence-corrected chi connectivity index (χ4v) is 0.852. The van der Waals surface area contributed by atoms with Crippen molar-refractivity contribution < 1.29 is 4.79 Å². The van der Waals surface area contributed by atoms with E-state index in [1.807, 2.05) is 31.2 Å². The van der Waals surface area contributed by atoms with Gasteiger partial charge in [-0.1, -0.05) is 30.5 Å². The predicted molar refractivity (Wildman–Crippen MR) is 52.3 cm³/mol. The van der Waals surface area contributed by atoms with E-state index in [2.05, 4.69) is 22.9 Å². The third kappa shape index (κ3) is 2.47. The zero-order valence-electron chi connectivity index (χ0n) is 6.66. The fourth-order valence-electron chi connectivity index (χ4n) is 0.796. The van der Waals surface area contributed by atoms with Crippen LogP contribution < -0.4 is 10.0 Å². The van der Waals surface area contributed by atoms with Crippen LogP contribution in [0.2, 0.25) is 0 Å². The second-order valence-electron chi connectivity index (χ2n) is 2.43. The topological polar surface area (TPSA) is 41.1 Å². The minimum atomic E-state index is -0.331. The molecule has 1 aromatic carbocycles. The first-order chi connectivity index (χ1) is 5.72. The number of thiol groups is 1. The van der Waals surface area contributed by atoms with Gasteiger partial charge in [0.05, 0.1) is 0 Å². The van der Waals surface area contributed by atoms with E-state index in [4.69, 9.17) is 0 Å². The lowest BCUT2D eigenvalue weighted by molar-refractivity contribution is 0.257. The Labute approximate surface area is 76.7 Å². The molecule has 1 rings (SSSR count). The third-order valence-electron chi connectivity index (χ3n) is 1.41. The summed E-state index contributed by atoms with van der Waals surface area (Å²) in [5, 5.41) is 2.59. The van der Waals surface area contributed by atoms with Crippen LogP contribution in [0.4, 0.5) is 10.5 Å².